The van der Waals surface area contributed by atoms with Crippen LogP contribution in [-0.4, -0.2) is 53.2 Å². The van der Waals surface area contributed by atoms with Crippen LogP contribution in [0.15, 0.2) is 42.5 Å². The van der Waals surface area contributed by atoms with E-state index in [9.17, 15) is 27.2 Å². The highest BCUT2D eigenvalue weighted by Gasteiger charge is 2.54. The first kappa shape index (κ1) is 27.6. The molecule has 2 heterocycles. The third-order valence-electron chi connectivity index (χ3n) is 8.42. The number of nitrogens with one attached hydrogen (secondary N) is 1. The maximum absolute atomic E-state index is 13.8. The number of carbonyl (C=O) groups is 2. The number of amides is 1. The predicted octanol–water partition coefficient (Wildman–Crippen LogP) is 5.37. The molecule has 210 valence electrons. The average Bonchev–Trinajstić information content (AvgIpc) is 3.77. The van der Waals surface area contributed by atoms with Crippen molar-refractivity contribution in [2.24, 2.45) is 5.92 Å². The summed E-state index contributed by atoms with van der Waals surface area (Å²) < 4.78 is 59.2. The molecule has 3 fully saturated rings. The van der Waals surface area contributed by atoms with Gasteiger partial charge in [0.15, 0.2) is 0 Å². The Hall–Kier alpha value is -2.98. The zero-order chi connectivity index (χ0) is 27.8. The Labute approximate surface area is 224 Å². The normalized spacial score (nSPS) is 24.9. The number of piperidine rings is 1. The average molecular weight is 549 g/mol. The van der Waals surface area contributed by atoms with Gasteiger partial charge in [-0.25, -0.2) is 9.18 Å². The Bertz CT molecular complexity index is 1200. The van der Waals surface area contributed by atoms with E-state index in [1.165, 1.54) is 0 Å². The van der Waals surface area contributed by atoms with E-state index in [0.717, 1.165) is 62.9 Å². The lowest BCUT2D eigenvalue weighted by Gasteiger charge is -2.45. The van der Waals surface area contributed by atoms with Gasteiger partial charge in [0, 0.05) is 12.6 Å². The molecule has 1 saturated carbocycles. The van der Waals surface area contributed by atoms with Gasteiger partial charge in [0.25, 0.3) is 5.91 Å². The first-order valence-corrected chi connectivity index (χ1v) is 13.4. The van der Waals surface area contributed by atoms with Crippen LogP contribution in [0.25, 0.3) is 0 Å². The van der Waals surface area contributed by atoms with Gasteiger partial charge < -0.3 is 15.2 Å². The van der Waals surface area contributed by atoms with Crippen LogP contribution >= 0.6 is 0 Å². The molecule has 6 nitrogen and oxygen atoms in total. The highest BCUT2D eigenvalue weighted by Crippen LogP contribution is 2.47. The minimum Gasteiger partial charge on any atom is -0.478 e. The second-order valence-corrected chi connectivity index (χ2v) is 10.9. The van der Waals surface area contributed by atoms with Crippen LogP contribution in [0, 0.1) is 11.7 Å². The maximum Gasteiger partial charge on any atom is 0.416 e. The van der Waals surface area contributed by atoms with Crippen molar-refractivity contribution >= 4 is 11.9 Å². The summed E-state index contributed by atoms with van der Waals surface area (Å²) in [4.78, 5) is 26.8. The van der Waals surface area contributed by atoms with E-state index in [1.54, 1.807) is 12.1 Å². The van der Waals surface area contributed by atoms with Gasteiger partial charge in [0.1, 0.15) is 11.4 Å². The van der Waals surface area contributed by atoms with Gasteiger partial charge in [-0.1, -0.05) is 12.1 Å². The molecule has 39 heavy (non-hydrogen) atoms. The zero-order valence-electron chi connectivity index (χ0n) is 21.5. The minimum atomic E-state index is -4.67. The molecule has 0 aromatic heterocycles. The van der Waals surface area contributed by atoms with Crippen molar-refractivity contribution in [1.82, 2.24) is 10.2 Å². The van der Waals surface area contributed by atoms with E-state index < -0.39 is 29.1 Å². The van der Waals surface area contributed by atoms with Crippen molar-refractivity contribution in [1.29, 1.82) is 0 Å². The van der Waals surface area contributed by atoms with Gasteiger partial charge >= 0.3 is 12.1 Å². The maximum atomic E-state index is 13.8. The highest BCUT2D eigenvalue weighted by atomic mass is 19.4. The number of benzene rings is 2. The van der Waals surface area contributed by atoms with Crippen LogP contribution in [0.4, 0.5) is 17.6 Å². The molecule has 5 rings (SSSR count). The molecule has 2 saturated heterocycles. The second kappa shape index (κ2) is 10.9. The van der Waals surface area contributed by atoms with Crippen molar-refractivity contribution in [2.45, 2.75) is 68.8 Å². The molecule has 1 amide bonds. The molecule has 2 aromatic carbocycles. The number of carboxylic acids is 1. The Balaban J connectivity index is 1.15. The summed E-state index contributed by atoms with van der Waals surface area (Å²) in [5, 5.41) is 11.8. The van der Waals surface area contributed by atoms with E-state index in [0.29, 0.717) is 25.0 Å². The fourth-order valence-electron chi connectivity index (χ4n) is 6.05. The summed E-state index contributed by atoms with van der Waals surface area (Å²) in [6.07, 6.45) is 0.263. The summed E-state index contributed by atoms with van der Waals surface area (Å²) in [7, 11) is 0. The molecule has 2 aliphatic heterocycles. The van der Waals surface area contributed by atoms with Gasteiger partial charge in [-0.15, -0.1) is 0 Å². The van der Waals surface area contributed by atoms with Crippen molar-refractivity contribution in [2.75, 3.05) is 19.7 Å². The molecule has 3 aliphatic rings. The molecule has 10 heteroatoms. The standard InChI is InChI=1S/C29H32F4N2O4/c30-24-14-18(13-23(15-24)29(31,32)33)16-34-27(38)28(22-5-6-22)10-7-25(17-39-28)35-11-8-20(9-12-35)19-1-3-21(4-2-19)26(36)37/h1-4,13-15,20,22,25H,5-12,16-17H2,(H,34,38)(H,36,37)/t25-,28+/m1/s1. The van der Waals surface area contributed by atoms with E-state index in [1.807, 2.05) is 12.1 Å². The van der Waals surface area contributed by atoms with Crippen molar-refractivity contribution in [3.8, 4) is 0 Å². The van der Waals surface area contributed by atoms with Gasteiger partial charge in [0.2, 0.25) is 0 Å². The Morgan fingerprint density at radius 2 is 1.72 bits per heavy atom. The van der Waals surface area contributed by atoms with E-state index in [2.05, 4.69) is 10.2 Å². The smallest absolute Gasteiger partial charge is 0.416 e. The van der Waals surface area contributed by atoms with Crippen LogP contribution in [-0.2, 0) is 22.3 Å². The van der Waals surface area contributed by atoms with Gasteiger partial charge in [-0.3, -0.25) is 9.69 Å². The number of aromatic carboxylic acids is 1. The third-order valence-corrected chi connectivity index (χ3v) is 8.42. The lowest BCUT2D eigenvalue weighted by Crippen LogP contribution is -2.57. The lowest BCUT2D eigenvalue weighted by atomic mass is 9.84. The number of carbonyl (C=O) groups excluding carboxylic acids is 1. The van der Waals surface area contributed by atoms with Crippen molar-refractivity contribution < 1.29 is 37.0 Å². The summed E-state index contributed by atoms with van der Waals surface area (Å²) in [6.45, 7) is 1.95. The number of hydrogen-bond donors (Lipinski definition) is 2. The molecule has 2 atom stereocenters. The van der Waals surface area contributed by atoms with E-state index >= 15 is 0 Å². The second-order valence-electron chi connectivity index (χ2n) is 10.9. The van der Waals surface area contributed by atoms with Crippen LogP contribution in [0.1, 0.15) is 71.5 Å². The topological polar surface area (TPSA) is 78.9 Å². The molecule has 0 bridgehead atoms. The molecular weight excluding hydrogens is 516 g/mol. The largest absolute Gasteiger partial charge is 0.478 e. The SMILES string of the molecule is O=C(O)c1ccc(C2CCN([C@@H]3CC[C@@](C(=O)NCc4cc(F)cc(C(F)(F)F)c4)(C4CC4)OC3)CC2)cc1. The Morgan fingerprint density at radius 1 is 1.03 bits per heavy atom. The summed E-state index contributed by atoms with van der Waals surface area (Å²) in [5.74, 6) is -1.83. The van der Waals surface area contributed by atoms with Gasteiger partial charge in [-0.05, 0) is 105 Å². The molecule has 1 aliphatic carbocycles. The summed E-state index contributed by atoms with van der Waals surface area (Å²) in [5.41, 5.74) is -0.608. The minimum absolute atomic E-state index is 0.0516. The predicted molar refractivity (Wildman–Crippen MR) is 135 cm³/mol. The molecular formula is C29H32F4N2O4. The summed E-state index contributed by atoms with van der Waals surface area (Å²) >= 11 is 0. The lowest BCUT2D eigenvalue weighted by molar-refractivity contribution is -0.165. The first-order valence-electron chi connectivity index (χ1n) is 13.4. The monoisotopic (exact) mass is 548 g/mol. The number of rotatable bonds is 7. The van der Waals surface area contributed by atoms with Crippen molar-refractivity contribution in [3.05, 3.63) is 70.5 Å². The Morgan fingerprint density at radius 3 is 2.28 bits per heavy atom. The number of nitrogens with zero attached hydrogens (tertiary/aromatic N) is 1. The number of ether oxygens (including phenoxy) is 1. The molecule has 0 spiro atoms. The van der Waals surface area contributed by atoms with Crippen LogP contribution in [0.2, 0.25) is 0 Å². The van der Waals surface area contributed by atoms with Gasteiger partial charge in [-0.2, -0.15) is 13.2 Å². The number of carboxylic acid groups (broad SMARTS) is 1. The fraction of sp³-hybridized carbons (Fsp3) is 0.517. The number of alkyl halides is 3. The third kappa shape index (κ3) is 6.11. The van der Waals surface area contributed by atoms with Crippen LogP contribution in [0.3, 0.4) is 0 Å². The van der Waals surface area contributed by atoms with Crippen molar-refractivity contribution in [3.63, 3.8) is 0 Å². The van der Waals surface area contributed by atoms with E-state index in [4.69, 9.17) is 9.84 Å². The number of likely N-dealkylation sites (tertiary alicyclic amines) is 1. The fourth-order valence-corrected chi connectivity index (χ4v) is 6.05. The first-order chi connectivity index (χ1) is 18.5. The molecule has 2 aromatic rings. The Kier molecular flexibility index (Phi) is 7.70. The van der Waals surface area contributed by atoms with Crippen LogP contribution in [0.5, 0.6) is 0 Å². The van der Waals surface area contributed by atoms with E-state index in [-0.39, 0.29) is 35.5 Å². The van der Waals surface area contributed by atoms with Crippen LogP contribution < -0.4 is 5.32 Å². The molecule has 0 radical (unpaired) electrons. The number of halogens is 4. The molecule has 0 unspecified atom stereocenters. The number of hydrogen-bond acceptors (Lipinski definition) is 4. The quantitative estimate of drug-likeness (QED) is 0.455. The van der Waals surface area contributed by atoms with Gasteiger partial charge in [0.05, 0.1) is 17.7 Å². The zero-order valence-corrected chi connectivity index (χ0v) is 21.5. The molecule has 2 N–H and O–H groups in total. The highest BCUT2D eigenvalue weighted by molar-refractivity contribution is 5.87. The summed E-state index contributed by atoms with van der Waals surface area (Å²) in [6, 6.07) is 9.55.